The van der Waals surface area contributed by atoms with Crippen molar-refractivity contribution in [1.82, 2.24) is 9.97 Å². The molecule has 3 aromatic rings. The first-order valence-electron chi connectivity index (χ1n) is 9.32. The van der Waals surface area contributed by atoms with E-state index in [1.54, 1.807) is 55.5 Å². The molecule has 152 valence electrons. The van der Waals surface area contributed by atoms with Crippen LogP contribution in [0.4, 0.5) is 5.69 Å². The molecule has 0 aliphatic carbocycles. The van der Waals surface area contributed by atoms with E-state index in [0.29, 0.717) is 23.6 Å². The number of anilines is 1. The molecular weight excluding hydrogens is 400 g/mol. The number of carbonyl (C=O) groups excluding carboxylic acids is 1. The quantitative estimate of drug-likeness (QED) is 0.444. The summed E-state index contributed by atoms with van der Waals surface area (Å²) in [6.45, 7) is 4.19. The first-order chi connectivity index (χ1) is 14.5. The molecule has 3 rings (SSSR count). The smallest absolute Gasteiger partial charge is 0.270 e. The van der Waals surface area contributed by atoms with Crippen LogP contribution in [0.1, 0.15) is 19.4 Å². The average molecular weight is 420 g/mol. The molecule has 0 spiro atoms. The van der Waals surface area contributed by atoms with Crippen molar-refractivity contribution in [1.29, 1.82) is 5.26 Å². The van der Waals surface area contributed by atoms with E-state index in [9.17, 15) is 14.9 Å². The van der Waals surface area contributed by atoms with E-state index in [1.165, 1.54) is 0 Å². The number of hydrogen-bond acceptors (Lipinski definition) is 6. The third kappa shape index (κ3) is 5.07. The van der Waals surface area contributed by atoms with Crippen LogP contribution in [0.25, 0.3) is 11.3 Å². The first-order valence-corrected chi connectivity index (χ1v) is 10.2. The van der Waals surface area contributed by atoms with Crippen molar-refractivity contribution < 1.29 is 9.53 Å². The Hall–Kier alpha value is -3.57. The van der Waals surface area contributed by atoms with Crippen molar-refractivity contribution in [3.63, 3.8) is 0 Å². The number of aromatic nitrogens is 2. The molecule has 30 heavy (non-hydrogen) atoms. The summed E-state index contributed by atoms with van der Waals surface area (Å²) in [6, 6.07) is 18.0. The Morgan fingerprint density at radius 2 is 1.93 bits per heavy atom. The predicted molar refractivity (Wildman–Crippen MR) is 117 cm³/mol. The lowest BCUT2D eigenvalue weighted by atomic mass is 10.1. The van der Waals surface area contributed by atoms with E-state index in [-0.39, 0.29) is 16.6 Å². The van der Waals surface area contributed by atoms with Crippen LogP contribution in [-0.4, -0.2) is 27.7 Å². The minimum absolute atomic E-state index is 0.0583. The molecule has 0 aliphatic heterocycles. The van der Waals surface area contributed by atoms with Gasteiger partial charge < -0.3 is 15.0 Å². The second-order valence-electron chi connectivity index (χ2n) is 6.28. The third-order valence-electron chi connectivity index (χ3n) is 4.15. The van der Waals surface area contributed by atoms with Gasteiger partial charge in [-0.3, -0.25) is 9.59 Å². The van der Waals surface area contributed by atoms with Crippen LogP contribution in [0.2, 0.25) is 0 Å². The first kappa shape index (κ1) is 21.1. The van der Waals surface area contributed by atoms with E-state index in [0.717, 1.165) is 17.5 Å². The number of benzene rings is 2. The Kier molecular flexibility index (Phi) is 6.88. The minimum atomic E-state index is -0.534. The molecule has 0 radical (unpaired) electrons. The van der Waals surface area contributed by atoms with Crippen molar-refractivity contribution in [2.45, 2.75) is 24.3 Å². The number of carbonyl (C=O) groups is 1. The zero-order valence-corrected chi connectivity index (χ0v) is 17.3. The molecule has 2 aromatic carbocycles. The zero-order valence-electron chi connectivity index (χ0n) is 16.5. The fourth-order valence-corrected chi connectivity index (χ4v) is 3.48. The van der Waals surface area contributed by atoms with Gasteiger partial charge in [0, 0.05) is 11.3 Å². The molecule has 0 aliphatic rings. The van der Waals surface area contributed by atoms with Gasteiger partial charge in [0.2, 0.25) is 5.91 Å². The van der Waals surface area contributed by atoms with E-state index < -0.39 is 10.8 Å². The molecule has 0 fully saturated rings. The Labute approximate surface area is 178 Å². The SMILES string of the molecule is CCOc1ccc(NC(=O)[C@@H](C)Sc2nc(-c3ccccc3)c(C#N)c(=O)[nH]2)cc1. The lowest BCUT2D eigenvalue weighted by Gasteiger charge is -2.13. The summed E-state index contributed by atoms with van der Waals surface area (Å²) in [5.74, 6) is 0.489. The molecular formula is C22H20N4O3S. The Balaban J connectivity index is 1.77. The topological polar surface area (TPSA) is 108 Å². The van der Waals surface area contributed by atoms with Crippen LogP contribution < -0.4 is 15.6 Å². The Bertz CT molecular complexity index is 1120. The number of nitrogens with one attached hydrogen (secondary N) is 2. The molecule has 0 bridgehead atoms. The molecule has 0 saturated carbocycles. The van der Waals surface area contributed by atoms with Crippen LogP contribution >= 0.6 is 11.8 Å². The van der Waals surface area contributed by atoms with Crippen LogP contribution in [0.5, 0.6) is 5.75 Å². The molecule has 8 heteroatoms. The van der Waals surface area contributed by atoms with Gasteiger partial charge in [0.1, 0.15) is 17.4 Å². The maximum atomic E-state index is 12.6. The van der Waals surface area contributed by atoms with E-state index in [2.05, 4.69) is 15.3 Å². The monoisotopic (exact) mass is 420 g/mol. The van der Waals surface area contributed by atoms with Gasteiger partial charge in [0.15, 0.2) is 5.16 Å². The maximum Gasteiger partial charge on any atom is 0.270 e. The molecule has 0 unspecified atom stereocenters. The van der Waals surface area contributed by atoms with Crippen molar-refractivity contribution in [3.05, 3.63) is 70.5 Å². The summed E-state index contributed by atoms with van der Waals surface area (Å²) in [7, 11) is 0. The number of amides is 1. The molecule has 1 amide bonds. The highest BCUT2D eigenvalue weighted by molar-refractivity contribution is 8.00. The van der Waals surface area contributed by atoms with Gasteiger partial charge in [-0.2, -0.15) is 5.26 Å². The lowest BCUT2D eigenvalue weighted by molar-refractivity contribution is -0.115. The summed E-state index contributed by atoms with van der Waals surface area (Å²) >= 11 is 1.11. The number of nitriles is 1. The number of rotatable bonds is 7. The molecule has 1 heterocycles. The van der Waals surface area contributed by atoms with Crippen LogP contribution in [-0.2, 0) is 4.79 Å². The molecule has 7 nitrogen and oxygen atoms in total. The molecule has 0 saturated heterocycles. The summed E-state index contributed by atoms with van der Waals surface area (Å²) in [4.78, 5) is 31.9. The van der Waals surface area contributed by atoms with Crippen molar-refractivity contribution >= 4 is 23.4 Å². The van der Waals surface area contributed by atoms with Gasteiger partial charge in [0.25, 0.3) is 5.56 Å². The summed E-state index contributed by atoms with van der Waals surface area (Å²) in [6.07, 6.45) is 0. The fraction of sp³-hybridized carbons (Fsp3) is 0.182. The second-order valence-corrected chi connectivity index (χ2v) is 7.61. The van der Waals surface area contributed by atoms with E-state index in [4.69, 9.17) is 4.74 Å². The normalized spacial score (nSPS) is 11.4. The van der Waals surface area contributed by atoms with Crippen molar-refractivity contribution in [3.8, 4) is 23.1 Å². The third-order valence-corrected chi connectivity index (χ3v) is 5.13. The number of H-pyrrole nitrogens is 1. The molecule has 1 atom stereocenters. The van der Waals surface area contributed by atoms with Crippen LogP contribution in [0, 0.1) is 11.3 Å². The highest BCUT2D eigenvalue weighted by Crippen LogP contribution is 2.25. The fourth-order valence-electron chi connectivity index (χ4n) is 2.68. The zero-order chi connectivity index (χ0) is 21.5. The average Bonchev–Trinajstić information content (AvgIpc) is 2.75. The number of aromatic amines is 1. The molecule has 1 aromatic heterocycles. The van der Waals surface area contributed by atoms with Gasteiger partial charge in [0.05, 0.1) is 17.6 Å². The largest absolute Gasteiger partial charge is 0.494 e. The van der Waals surface area contributed by atoms with Gasteiger partial charge in [-0.25, -0.2) is 4.98 Å². The standard InChI is InChI=1S/C22H20N4O3S/c1-3-29-17-11-9-16(10-12-17)24-20(27)14(2)30-22-25-19(15-7-5-4-6-8-15)18(13-23)21(28)26-22/h4-12,14H,3H2,1-2H3,(H,24,27)(H,25,26,28)/t14-/m1/s1. The number of thioether (sulfide) groups is 1. The van der Waals surface area contributed by atoms with Gasteiger partial charge in [-0.05, 0) is 38.1 Å². The number of ether oxygens (including phenoxy) is 1. The highest BCUT2D eigenvalue weighted by atomic mass is 32.2. The summed E-state index contributed by atoms with van der Waals surface area (Å²) in [5, 5.41) is 11.9. The van der Waals surface area contributed by atoms with Crippen molar-refractivity contribution in [2.75, 3.05) is 11.9 Å². The van der Waals surface area contributed by atoms with E-state index in [1.807, 2.05) is 19.1 Å². The number of hydrogen-bond donors (Lipinski definition) is 2. The molecule has 2 N–H and O–H groups in total. The maximum absolute atomic E-state index is 12.6. The van der Waals surface area contributed by atoms with Crippen LogP contribution in [0.15, 0.2) is 64.5 Å². The second kappa shape index (κ2) is 9.76. The van der Waals surface area contributed by atoms with Crippen molar-refractivity contribution in [2.24, 2.45) is 0 Å². The lowest BCUT2D eigenvalue weighted by Crippen LogP contribution is -2.23. The Morgan fingerprint density at radius 1 is 1.23 bits per heavy atom. The predicted octanol–water partition coefficient (Wildman–Crippen LogP) is 3.83. The van der Waals surface area contributed by atoms with Gasteiger partial charge >= 0.3 is 0 Å². The van der Waals surface area contributed by atoms with Crippen LogP contribution in [0.3, 0.4) is 0 Å². The minimum Gasteiger partial charge on any atom is -0.494 e. The van der Waals surface area contributed by atoms with Gasteiger partial charge in [-0.15, -0.1) is 0 Å². The summed E-state index contributed by atoms with van der Waals surface area (Å²) in [5.41, 5.74) is 1.00. The van der Waals surface area contributed by atoms with E-state index >= 15 is 0 Å². The van der Waals surface area contributed by atoms with Gasteiger partial charge in [-0.1, -0.05) is 42.1 Å². The Morgan fingerprint density at radius 3 is 2.57 bits per heavy atom. The number of nitrogens with zero attached hydrogens (tertiary/aromatic N) is 2. The highest BCUT2D eigenvalue weighted by Gasteiger charge is 2.19. The summed E-state index contributed by atoms with van der Waals surface area (Å²) < 4.78 is 5.39.